The SMILES string of the molecule is [2H]C([2H])([2H])c1nc(C)c([N+]2=C(C)C(C)(C)n3c2nc2cc(C)c(C)cc23)n1C. The third-order valence-electron chi connectivity index (χ3n) is 5.68. The zero-order valence-electron chi connectivity index (χ0n) is 18.9. The second kappa shape index (κ2) is 4.81. The standard InChI is InChI=1S/C20H26N5/c1-11-9-16-17(10-12(11)2)25-19(22-16)24(14(4)20(25,6)7)18-13(3)21-15(5)23(18)8/h9-10H,1-8H3/q+1/i5D3. The molecule has 130 valence electrons. The smallest absolute Gasteiger partial charge is 0.265 e. The summed E-state index contributed by atoms with van der Waals surface area (Å²) in [6.07, 6.45) is 0. The molecular formula is C20H26N5+. The summed E-state index contributed by atoms with van der Waals surface area (Å²) >= 11 is 0. The Balaban J connectivity index is 2.07. The van der Waals surface area contributed by atoms with Crippen molar-refractivity contribution in [3.63, 3.8) is 0 Å². The average molecular weight is 339 g/mol. The lowest BCUT2D eigenvalue weighted by atomic mass is 9.99. The van der Waals surface area contributed by atoms with Crippen molar-refractivity contribution in [1.82, 2.24) is 23.7 Å². The van der Waals surface area contributed by atoms with Crippen LogP contribution in [0.15, 0.2) is 12.1 Å². The van der Waals surface area contributed by atoms with Crippen molar-refractivity contribution < 1.29 is 4.11 Å². The van der Waals surface area contributed by atoms with E-state index in [4.69, 9.17) is 9.10 Å². The van der Waals surface area contributed by atoms with E-state index >= 15 is 0 Å². The van der Waals surface area contributed by atoms with Gasteiger partial charge in [0.2, 0.25) is 5.82 Å². The van der Waals surface area contributed by atoms with Gasteiger partial charge in [-0.3, -0.25) is 4.57 Å². The number of fused-ring (bicyclic) bond motifs is 3. The van der Waals surface area contributed by atoms with Crippen LogP contribution in [0.25, 0.3) is 11.0 Å². The van der Waals surface area contributed by atoms with Gasteiger partial charge in [0.1, 0.15) is 22.6 Å². The van der Waals surface area contributed by atoms with Gasteiger partial charge in [-0.1, -0.05) is 0 Å². The van der Waals surface area contributed by atoms with E-state index in [1.807, 2.05) is 6.92 Å². The van der Waals surface area contributed by atoms with E-state index in [1.54, 1.807) is 11.6 Å². The van der Waals surface area contributed by atoms with Crippen molar-refractivity contribution in [1.29, 1.82) is 0 Å². The Hall–Kier alpha value is -2.43. The highest BCUT2D eigenvalue weighted by atomic mass is 15.4. The molecule has 25 heavy (non-hydrogen) atoms. The Morgan fingerprint density at radius 3 is 2.40 bits per heavy atom. The number of hydrogen-bond acceptors (Lipinski definition) is 2. The molecule has 4 rings (SSSR count). The second-order valence-corrected chi connectivity index (χ2v) is 7.56. The quantitative estimate of drug-likeness (QED) is 0.627. The Morgan fingerprint density at radius 1 is 1.08 bits per heavy atom. The first-order chi connectivity index (χ1) is 12.9. The van der Waals surface area contributed by atoms with Gasteiger partial charge in [0, 0.05) is 18.0 Å². The van der Waals surface area contributed by atoms with E-state index in [0.29, 0.717) is 5.69 Å². The Morgan fingerprint density at radius 2 is 1.76 bits per heavy atom. The lowest BCUT2D eigenvalue weighted by Gasteiger charge is -2.19. The summed E-state index contributed by atoms with van der Waals surface area (Å²) in [5, 5.41) is 0. The van der Waals surface area contributed by atoms with Crippen LogP contribution >= 0.6 is 0 Å². The lowest BCUT2D eigenvalue weighted by molar-refractivity contribution is 0.528. The van der Waals surface area contributed by atoms with Gasteiger partial charge in [-0.05, 0) is 64.8 Å². The molecule has 0 radical (unpaired) electrons. The first-order valence-corrected chi connectivity index (χ1v) is 8.54. The van der Waals surface area contributed by atoms with Crippen LogP contribution in [0.3, 0.4) is 0 Å². The maximum Gasteiger partial charge on any atom is 0.360 e. The highest BCUT2D eigenvalue weighted by molar-refractivity contribution is 5.99. The molecule has 1 aliphatic rings. The van der Waals surface area contributed by atoms with Crippen LogP contribution in [0.5, 0.6) is 0 Å². The third-order valence-corrected chi connectivity index (χ3v) is 5.68. The number of aryl methyl sites for hydroxylation is 4. The molecule has 0 unspecified atom stereocenters. The topological polar surface area (TPSA) is 38.6 Å². The molecule has 5 heteroatoms. The molecule has 0 aliphatic carbocycles. The minimum absolute atomic E-state index is 0.0897. The van der Waals surface area contributed by atoms with E-state index in [1.165, 1.54) is 11.1 Å². The Bertz CT molecular complexity index is 1180. The maximum absolute atomic E-state index is 7.81. The molecule has 0 atom stereocenters. The number of rotatable bonds is 1. The molecule has 1 aliphatic heterocycles. The van der Waals surface area contributed by atoms with Gasteiger partial charge in [0.15, 0.2) is 5.52 Å². The van der Waals surface area contributed by atoms with Crippen LogP contribution in [0.2, 0.25) is 0 Å². The molecule has 0 spiro atoms. The molecule has 1 aromatic carbocycles. The number of benzene rings is 1. The monoisotopic (exact) mass is 339 g/mol. The summed E-state index contributed by atoms with van der Waals surface area (Å²) in [4.78, 5) is 9.31. The van der Waals surface area contributed by atoms with Crippen LogP contribution < -0.4 is 4.58 Å². The Kier molecular flexibility index (Phi) is 2.47. The molecule has 3 heterocycles. The predicted octanol–water partition coefficient (Wildman–Crippen LogP) is 4.05. The fraction of sp³-hybridized carbons (Fsp3) is 0.450. The van der Waals surface area contributed by atoms with Gasteiger partial charge in [-0.25, -0.2) is 9.55 Å². The fourth-order valence-corrected chi connectivity index (χ4v) is 3.80. The number of aromatic nitrogens is 4. The van der Waals surface area contributed by atoms with E-state index in [-0.39, 0.29) is 11.4 Å². The van der Waals surface area contributed by atoms with Crippen LogP contribution in [0.1, 0.15) is 47.5 Å². The number of imidazole rings is 2. The van der Waals surface area contributed by atoms with E-state index < -0.39 is 6.85 Å². The molecule has 0 saturated carbocycles. The highest BCUT2D eigenvalue weighted by Gasteiger charge is 2.45. The van der Waals surface area contributed by atoms with Gasteiger partial charge < -0.3 is 0 Å². The van der Waals surface area contributed by atoms with Gasteiger partial charge in [0.05, 0.1) is 5.71 Å². The molecular weight excluding hydrogens is 310 g/mol. The van der Waals surface area contributed by atoms with E-state index in [2.05, 4.69) is 60.9 Å². The molecule has 0 amide bonds. The predicted molar refractivity (Wildman–Crippen MR) is 103 cm³/mol. The minimum Gasteiger partial charge on any atom is -0.265 e. The molecule has 0 bridgehead atoms. The maximum atomic E-state index is 7.81. The normalized spacial score (nSPS) is 18.4. The molecule has 0 N–H and O–H groups in total. The van der Waals surface area contributed by atoms with Gasteiger partial charge >= 0.3 is 5.95 Å². The molecule has 3 aromatic rings. The van der Waals surface area contributed by atoms with Gasteiger partial charge in [0.25, 0.3) is 0 Å². The average Bonchev–Trinajstić information content (AvgIpc) is 3.12. The zero-order chi connectivity index (χ0) is 20.8. The molecule has 5 nitrogen and oxygen atoms in total. The minimum atomic E-state index is -2.27. The summed E-state index contributed by atoms with van der Waals surface area (Å²) < 4.78 is 29.4. The van der Waals surface area contributed by atoms with E-state index in [0.717, 1.165) is 28.5 Å². The van der Waals surface area contributed by atoms with Crippen LogP contribution in [-0.4, -0.2) is 24.8 Å². The number of hydrogen-bond donors (Lipinski definition) is 0. The van der Waals surface area contributed by atoms with Crippen LogP contribution in [-0.2, 0) is 12.6 Å². The van der Waals surface area contributed by atoms with Crippen molar-refractivity contribution in [3.05, 3.63) is 34.8 Å². The first-order valence-electron chi connectivity index (χ1n) is 10.0. The first kappa shape index (κ1) is 12.9. The lowest BCUT2D eigenvalue weighted by Crippen LogP contribution is -2.32. The summed E-state index contributed by atoms with van der Waals surface area (Å²) in [7, 11) is 1.76. The van der Waals surface area contributed by atoms with Crippen molar-refractivity contribution >= 4 is 28.5 Å². The second-order valence-electron chi connectivity index (χ2n) is 7.56. The van der Waals surface area contributed by atoms with Crippen molar-refractivity contribution in [2.75, 3.05) is 0 Å². The summed E-state index contributed by atoms with van der Waals surface area (Å²) in [5.41, 5.74) is 5.91. The summed E-state index contributed by atoms with van der Waals surface area (Å²) in [5.74, 6) is 1.64. The zero-order valence-corrected chi connectivity index (χ0v) is 15.9. The van der Waals surface area contributed by atoms with Crippen molar-refractivity contribution in [2.24, 2.45) is 7.05 Å². The Labute approximate surface area is 152 Å². The van der Waals surface area contributed by atoms with Crippen LogP contribution in [0, 0.1) is 27.6 Å². The summed E-state index contributed by atoms with van der Waals surface area (Å²) in [6.45, 7) is 10.2. The third kappa shape index (κ3) is 1.92. The molecule has 0 fully saturated rings. The number of nitrogens with zero attached hydrogens (tertiary/aromatic N) is 5. The van der Waals surface area contributed by atoms with Crippen molar-refractivity contribution in [3.8, 4) is 0 Å². The fourth-order valence-electron chi connectivity index (χ4n) is 3.80. The molecule has 0 saturated heterocycles. The highest BCUT2D eigenvalue weighted by Crippen LogP contribution is 2.40. The van der Waals surface area contributed by atoms with Crippen molar-refractivity contribution in [2.45, 2.75) is 53.9 Å². The summed E-state index contributed by atoms with van der Waals surface area (Å²) in [6, 6.07) is 4.30. The van der Waals surface area contributed by atoms with E-state index in [9.17, 15) is 0 Å². The largest absolute Gasteiger partial charge is 0.360 e. The van der Waals surface area contributed by atoms with Gasteiger partial charge in [-0.2, -0.15) is 4.58 Å². The van der Waals surface area contributed by atoms with Gasteiger partial charge in [-0.15, -0.1) is 4.98 Å². The molecule has 2 aromatic heterocycles. The van der Waals surface area contributed by atoms with Crippen LogP contribution in [0.4, 0.5) is 11.8 Å².